The van der Waals surface area contributed by atoms with Gasteiger partial charge in [-0.25, -0.2) is 14.4 Å². The number of terminal acetylenes is 1. The molecule has 7 heteroatoms. The SMILES string of the molecule is C#Cc1cccc(-c2cc(=O)n(C)c3ccc([C@](F)(c4ccc(I)cc4)c4cncn4C)nc23)c1. The van der Waals surface area contributed by atoms with Crippen molar-refractivity contribution in [1.29, 1.82) is 0 Å². The van der Waals surface area contributed by atoms with Gasteiger partial charge in [-0.2, -0.15) is 0 Å². The van der Waals surface area contributed by atoms with Gasteiger partial charge in [0, 0.05) is 40.4 Å². The van der Waals surface area contributed by atoms with Gasteiger partial charge in [0.1, 0.15) is 0 Å². The van der Waals surface area contributed by atoms with Gasteiger partial charge in [-0.3, -0.25) is 4.79 Å². The minimum atomic E-state index is -2.07. The quantitative estimate of drug-likeness (QED) is 0.220. The van der Waals surface area contributed by atoms with Crippen LogP contribution in [0.5, 0.6) is 0 Å². The van der Waals surface area contributed by atoms with Gasteiger partial charge < -0.3 is 9.13 Å². The van der Waals surface area contributed by atoms with Crippen LogP contribution >= 0.6 is 22.6 Å². The topological polar surface area (TPSA) is 52.7 Å². The fourth-order valence-corrected chi connectivity index (χ4v) is 4.67. The Bertz CT molecular complexity index is 1680. The second kappa shape index (κ2) is 8.78. The van der Waals surface area contributed by atoms with Crippen molar-refractivity contribution in [2.75, 3.05) is 0 Å². The number of hydrogen-bond acceptors (Lipinski definition) is 3. The number of nitrogens with zero attached hydrogens (tertiary/aromatic N) is 4. The zero-order chi connectivity index (χ0) is 24.7. The predicted molar refractivity (Wildman–Crippen MR) is 144 cm³/mol. The van der Waals surface area contributed by atoms with Gasteiger partial charge in [0.25, 0.3) is 5.56 Å². The first-order chi connectivity index (χ1) is 16.8. The van der Waals surface area contributed by atoms with Crippen molar-refractivity contribution < 1.29 is 4.39 Å². The monoisotopic (exact) mass is 574 g/mol. The first-order valence-electron chi connectivity index (χ1n) is 10.8. The summed E-state index contributed by atoms with van der Waals surface area (Å²) in [5, 5.41) is 0. The van der Waals surface area contributed by atoms with E-state index in [1.54, 1.807) is 49.3 Å². The van der Waals surface area contributed by atoms with Crippen molar-refractivity contribution in [3.63, 3.8) is 0 Å². The third kappa shape index (κ3) is 3.84. The lowest BCUT2D eigenvalue weighted by molar-refractivity contribution is 0.260. The van der Waals surface area contributed by atoms with Crippen molar-refractivity contribution in [3.8, 4) is 23.5 Å². The maximum absolute atomic E-state index is 17.4. The van der Waals surface area contributed by atoms with E-state index < -0.39 is 5.67 Å². The Morgan fingerprint density at radius 3 is 2.51 bits per heavy atom. The standard InChI is InChI=1S/C28H20FIN4O/c1-4-18-6-5-7-19(14-18)22-15-26(35)34(3)23-12-13-24(32-27(22)23)28(29,25-16-31-17-33(25)2)20-8-10-21(30)11-9-20/h1,5-17H,2-3H3/t28-/m1/s1. The molecule has 0 spiro atoms. The molecule has 0 saturated heterocycles. The zero-order valence-electron chi connectivity index (χ0n) is 19.0. The van der Waals surface area contributed by atoms with Gasteiger partial charge in [0.05, 0.1) is 34.9 Å². The molecule has 0 amide bonds. The summed E-state index contributed by atoms with van der Waals surface area (Å²) >= 11 is 2.19. The molecule has 172 valence electrons. The Hall–Kier alpha value is -3.77. The molecule has 0 aliphatic carbocycles. The molecule has 1 atom stereocenters. The minimum Gasteiger partial charge on any atom is -0.334 e. The van der Waals surface area contributed by atoms with Crippen LogP contribution < -0.4 is 5.56 Å². The van der Waals surface area contributed by atoms with Crippen LogP contribution in [-0.2, 0) is 19.8 Å². The summed E-state index contributed by atoms with van der Waals surface area (Å²) in [6, 6.07) is 19.5. The molecule has 5 rings (SSSR count). The van der Waals surface area contributed by atoms with Crippen molar-refractivity contribution >= 4 is 33.6 Å². The van der Waals surface area contributed by atoms with Crippen molar-refractivity contribution in [2.45, 2.75) is 5.67 Å². The summed E-state index contributed by atoms with van der Waals surface area (Å²) in [7, 11) is 3.43. The number of pyridine rings is 2. The van der Waals surface area contributed by atoms with Crippen LogP contribution in [0.2, 0.25) is 0 Å². The second-order valence-electron chi connectivity index (χ2n) is 8.30. The van der Waals surface area contributed by atoms with E-state index in [0.29, 0.717) is 33.4 Å². The molecule has 0 N–H and O–H groups in total. The molecule has 35 heavy (non-hydrogen) atoms. The third-order valence-corrected chi connectivity index (χ3v) is 6.91. The van der Waals surface area contributed by atoms with E-state index in [0.717, 1.165) is 9.13 Å². The smallest absolute Gasteiger partial charge is 0.251 e. The summed E-state index contributed by atoms with van der Waals surface area (Å²) in [6.45, 7) is 0. The lowest BCUT2D eigenvalue weighted by Gasteiger charge is -2.26. The normalized spacial score (nSPS) is 12.9. The van der Waals surface area contributed by atoms with Crippen LogP contribution in [0.15, 0.2) is 84.0 Å². The first kappa shape index (κ1) is 23.0. The number of halogens is 2. The molecule has 0 bridgehead atoms. The van der Waals surface area contributed by atoms with Crippen LogP contribution in [0.25, 0.3) is 22.2 Å². The van der Waals surface area contributed by atoms with E-state index in [9.17, 15) is 4.79 Å². The molecule has 0 unspecified atom stereocenters. The van der Waals surface area contributed by atoms with Gasteiger partial charge in [0.2, 0.25) is 5.67 Å². The van der Waals surface area contributed by atoms with Crippen molar-refractivity contribution in [1.82, 2.24) is 19.1 Å². The lowest BCUT2D eigenvalue weighted by atomic mass is 9.88. The molecule has 3 aromatic heterocycles. The Morgan fingerprint density at radius 1 is 1.06 bits per heavy atom. The van der Waals surface area contributed by atoms with E-state index in [1.165, 1.54) is 16.8 Å². The van der Waals surface area contributed by atoms with Crippen LogP contribution in [0, 0.1) is 15.9 Å². The molecule has 0 radical (unpaired) electrons. The highest BCUT2D eigenvalue weighted by Crippen LogP contribution is 2.41. The number of aromatic nitrogens is 4. The number of alkyl halides is 1. The Morgan fingerprint density at radius 2 is 1.83 bits per heavy atom. The summed E-state index contributed by atoms with van der Waals surface area (Å²) in [4.78, 5) is 21.8. The van der Waals surface area contributed by atoms with E-state index >= 15 is 4.39 Å². The molecule has 3 heterocycles. The fraction of sp³-hybridized carbons (Fsp3) is 0.107. The highest BCUT2D eigenvalue weighted by atomic mass is 127. The van der Waals surface area contributed by atoms with Gasteiger partial charge in [-0.15, -0.1) is 6.42 Å². The number of benzene rings is 2. The van der Waals surface area contributed by atoms with E-state index in [4.69, 9.17) is 11.4 Å². The predicted octanol–water partition coefficient (Wildman–Crippen LogP) is 5.18. The van der Waals surface area contributed by atoms with E-state index in [2.05, 4.69) is 33.5 Å². The van der Waals surface area contributed by atoms with Crippen LogP contribution in [0.4, 0.5) is 4.39 Å². The molecule has 0 aliphatic rings. The Balaban J connectivity index is 1.84. The molecule has 0 saturated carbocycles. The average Bonchev–Trinajstić information content (AvgIpc) is 3.32. The summed E-state index contributed by atoms with van der Waals surface area (Å²) in [6.07, 6.45) is 8.68. The fourth-order valence-electron chi connectivity index (χ4n) is 4.31. The number of aryl methyl sites for hydroxylation is 2. The largest absolute Gasteiger partial charge is 0.334 e. The average molecular weight is 574 g/mol. The second-order valence-corrected chi connectivity index (χ2v) is 9.55. The van der Waals surface area contributed by atoms with Gasteiger partial charge >= 0.3 is 0 Å². The molecular weight excluding hydrogens is 554 g/mol. The summed E-state index contributed by atoms with van der Waals surface area (Å²) in [5.41, 5.74) is 1.85. The van der Waals surface area contributed by atoms with Crippen LogP contribution in [0.3, 0.4) is 0 Å². The van der Waals surface area contributed by atoms with Crippen LogP contribution in [0.1, 0.15) is 22.5 Å². The lowest BCUT2D eigenvalue weighted by Crippen LogP contribution is -2.28. The van der Waals surface area contributed by atoms with E-state index in [1.807, 2.05) is 36.4 Å². The number of imidazole rings is 1. The Kier molecular flexibility index (Phi) is 5.77. The van der Waals surface area contributed by atoms with Crippen molar-refractivity contribution in [2.24, 2.45) is 14.1 Å². The van der Waals surface area contributed by atoms with E-state index in [-0.39, 0.29) is 11.3 Å². The molecule has 0 fully saturated rings. The minimum absolute atomic E-state index is 0.191. The van der Waals surface area contributed by atoms with Gasteiger partial charge in [-0.1, -0.05) is 30.2 Å². The van der Waals surface area contributed by atoms with Crippen LogP contribution in [-0.4, -0.2) is 19.1 Å². The van der Waals surface area contributed by atoms with Gasteiger partial charge in [0.15, 0.2) is 0 Å². The zero-order valence-corrected chi connectivity index (χ0v) is 21.2. The maximum Gasteiger partial charge on any atom is 0.251 e. The highest BCUT2D eigenvalue weighted by Gasteiger charge is 2.41. The number of rotatable bonds is 4. The maximum atomic E-state index is 17.4. The summed E-state index contributed by atoms with van der Waals surface area (Å²) < 4.78 is 21.5. The van der Waals surface area contributed by atoms with Crippen molar-refractivity contribution in [3.05, 3.63) is 116 Å². The van der Waals surface area contributed by atoms with Gasteiger partial charge in [-0.05, 0) is 64.6 Å². The molecule has 5 nitrogen and oxygen atoms in total. The third-order valence-electron chi connectivity index (χ3n) is 6.19. The number of fused-ring (bicyclic) bond motifs is 1. The molecular formula is C28H20FIN4O. The molecule has 5 aromatic rings. The Labute approximate surface area is 215 Å². The summed E-state index contributed by atoms with van der Waals surface area (Å²) in [5.74, 6) is 2.62. The first-order valence-corrected chi connectivity index (χ1v) is 11.9. The number of hydrogen-bond donors (Lipinski definition) is 0. The highest BCUT2D eigenvalue weighted by molar-refractivity contribution is 14.1. The molecule has 2 aromatic carbocycles. The molecule has 0 aliphatic heterocycles.